The molecule has 0 aliphatic heterocycles. The van der Waals surface area contributed by atoms with Crippen molar-refractivity contribution in [1.82, 2.24) is 0 Å². The van der Waals surface area contributed by atoms with E-state index in [-0.39, 0.29) is 25.1 Å². The van der Waals surface area contributed by atoms with Crippen LogP contribution in [0.1, 0.15) is 19.4 Å². The van der Waals surface area contributed by atoms with Crippen molar-refractivity contribution >= 4 is 11.7 Å². The summed E-state index contributed by atoms with van der Waals surface area (Å²) in [7, 11) is 0. The molecule has 0 unspecified atom stereocenters. The lowest BCUT2D eigenvalue weighted by molar-refractivity contribution is -0.144. The number of anilines is 1. The number of nitrogens with two attached hydrogens (primary N) is 1. The third-order valence-corrected chi connectivity index (χ3v) is 2.19. The SMILES string of the molecule is CC(C)OCCOC(=O)Cc1ccccc1N. The van der Waals surface area contributed by atoms with Crippen molar-refractivity contribution in [2.24, 2.45) is 0 Å². The average Bonchev–Trinajstić information content (AvgIpc) is 2.27. The summed E-state index contributed by atoms with van der Waals surface area (Å²) in [6.45, 7) is 4.58. The van der Waals surface area contributed by atoms with Gasteiger partial charge in [0.05, 0.1) is 19.1 Å². The maximum Gasteiger partial charge on any atom is 0.310 e. The number of hydrogen-bond acceptors (Lipinski definition) is 4. The molecular formula is C13H19NO3. The zero-order valence-electron chi connectivity index (χ0n) is 10.3. The van der Waals surface area contributed by atoms with E-state index in [1.54, 1.807) is 6.07 Å². The Labute approximate surface area is 102 Å². The fraction of sp³-hybridized carbons (Fsp3) is 0.462. The van der Waals surface area contributed by atoms with E-state index >= 15 is 0 Å². The van der Waals surface area contributed by atoms with Crippen LogP contribution in [0, 0.1) is 0 Å². The molecular weight excluding hydrogens is 218 g/mol. The average molecular weight is 237 g/mol. The van der Waals surface area contributed by atoms with Crippen LogP contribution >= 0.6 is 0 Å². The van der Waals surface area contributed by atoms with E-state index in [1.165, 1.54) is 0 Å². The van der Waals surface area contributed by atoms with Crippen LogP contribution in [0.2, 0.25) is 0 Å². The first kappa shape index (κ1) is 13.5. The summed E-state index contributed by atoms with van der Waals surface area (Å²) in [6.07, 6.45) is 0.354. The quantitative estimate of drug-likeness (QED) is 0.465. The topological polar surface area (TPSA) is 61.5 Å². The second-order valence-electron chi connectivity index (χ2n) is 4.02. The van der Waals surface area contributed by atoms with Gasteiger partial charge < -0.3 is 15.2 Å². The molecule has 0 saturated carbocycles. The number of nitrogen functional groups attached to an aromatic ring is 1. The van der Waals surface area contributed by atoms with Gasteiger partial charge in [0.1, 0.15) is 6.61 Å². The summed E-state index contributed by atoms with van der Waals surface area (Å²) in [5.74, 6) is -0.282. The van der Waals surface area contributed by atoms with E-state index in [4.69, 9.17) is 15.2 Å². The molecule has 0 saturated heterocycles. The van der Waals surface area contributed by atoms with Crippen molar-refractivity contribution in [1.29, 1.82) is 0 Å². The van der Waals surface area contributed by atoms with Gasteiger partial charge in [0, 0.05) is 5.69 Å². The highest BCUT2D eigenvalue weighted by atomic mass is 16.6. The molecule has 0 bridgehead atoms. The van der Waals surface area contributed by atoms with Gasteiger partial charge in [0.2, 0.25) is 0 Å². The van der Waals surface area contributed by atoms with Gasteiger partial charge in [0.25, 0.3) is 0 Å². The highest BCUT2D eigenvalue weighted by molar-refractivity contribution is 5.74. The molecule has 0 aromatic heterocycles. The number of ether oxygens (including phenoxy) is 2. The molecule has 1 rings (SSSR count). The van der Waals surface area contributed by atoms with E-state index in [0.29, 0.717) is 12.3 Å². The van der Waals surface area contributed by atoms with Crippen molar-refractivity contribution in [3.05, 3.63) is 29.8 Å². The van der Waals surface area contributed by atoms with Crippen molar-refractivity contribution in [2.75, 3.05) is 18.9 Å². The van der Waals surface area contributed by atoms with Crippen LogP contribution in [0.3, 0.4) is 0 Å². The first-order valence-corrected chi connectivity index (χ1v) is 5.70. The van der Waals surface area contributed by atoms with Crippen LogP contribution in [-0.2, 0) is 20.7 Å². The fourth-order valence-electron chi connectivity index (χ4n) is 1.34. The van der Waals surface area contributed by atoms with Crippen molar-refractivity contribution in [2.45, 2.75) is 26.4 Å². The van der Waals surface area contributed by atoms with E-state index in [1.807, 2.05) is 32.0 Å². The van der Waals surface area contributed by atoms with Crippen LogP contribution in [-0.4, -0.2) is 25.3 Å². The summed E-state index contributed by atoms with van der Waals surface area (Å²) in [4.78, 5) is 11.5. The van der Waals surface area contributed by atoms with Gasteiger partial charge in [-0.3, -0.25) is 4.79 Å². The predicted molar refractivity (Wildman–Crippen MR) is 66.6 cm³/mol. The lowest BCUT2D eigenvalue weighted by atomic mass is 10.1. The Morgan fingerprint density at radius 3 is 2.65 bits per heavy atom. The minimum atomic E-state index is -0.282. The molecule has 0 amide bonds. The van der Waals surface area contributed by atoms with Gasteiger partial charge >= 0.3 is 5.97 Å². The number of carbonyl (C=O) groups excluding carboxylic acids is 1. The highest BCUT2D eigenvalue weighted by Gasteiger charge is 2.07. The predicted octanol–water partition coefficient (Wildman–Crippen LogP) is 1.78. The van der Waals surface area contributed by atoms with E-state index < -0.39 is 0 Å². The smallest absolute Gasteiger partial charge is 0.310 e. The Morgan fingerprint density at radius 2 is 2.00 bits per heavy atom. The van der Waals surface area contributed by atoms with Crippen LogP contribution in [0.5, 0.6) is 0 Å². The van der Waals surface area contributed by atoms with Gasteiger partial charge in [-0.1, -0.05) is 18.2 Å². The Hall–Kier alpha value is -1.55. The maximum atomic E-state index is 11.5. The standard InChI is InChI=1S/C13H19NO3/c1-10(2)16-7-8-17-13(15)9-11-5-3-4-6-12(11)14/h3-6,10H,7-9,14H2,1-2H3. The summed E-state index contributed by atoms with van der Waals surface area (Å²) in [5.41, 5.74) is 7.14. The number of rotatable bonds is 6. The molecule has 0 spiro atoms. The van der Waals surface area contributed by atoms with Crippen LogP contribution in [0.15, 0.2) is 24.3 Å². The summed E-state index contributed by atoms with van der Waals surface area (Å²) in [5, 5.41) is 0. The largest absolute Gasteiger partial charge is 0.463 e. The molecule has 0 radical (unpaired) electrons. The molecule has 2 N–H and O–H groups in total. The fourth-order valence-corrected chi connectivity index (χ4v) is 1.34. The zero-order chi connectivity index (χ0) is 12.7. The first-order chi connectivity index (χ1) is 8.09. The molecule has 17 heavy (non-hydrogen) atoms. The van der Waals surface area contributed by atoms with Crippen molar-refractivity contribution < 1.29 is 14.3 Å². The third kappa shape index (κ3) is 5.36. The Morgan fingerprint density at radius 1 is 1.29 bits per heavy atom. The minimum Gasteiger partial charge on any atom is -0.463 e. The highest BCUT2D eigenvalue weighted by Crippen LogP contribution is 2.11. The van der Waals surface area contributed by atoms with Crippen LogP contribution < -0.4 is 5.73 Å². The number of carbonyl (C=O) groups is 1. The van der Waals surface area contributed by atoms with Gasteiger partial charge in [0.15, 0.2) is 0 Å². The first-order valence-electron chi connectivity index (χ1n) is 5.70. The molecule has 0 heterocycles. The molecule has 4 nitrogen and oxygen atoms in total. The number of hydrogen-bond donors (Lipinski definition) is 1. The molecule has 1 aromatic carbocycles. The molecule has 0 fully saturated rings. The summed E-state index contributed by atoms with van der Waals surface area (Å²) in [6, 6.07) is 7.27. The van der Waals surface area contributed by atoms with Crippen molar-refractivity contribution in [3.8, 4) is 0 Å². The molecule has 0 atom stereocenters. The van der Waals surface area contributed by atoms with Gasteiger partial charge in [-0.25, -0.2) is 0 Å². The minimum absolute atomic E-state index is 0.151. The van der Waals surface area contributed by atoms with E-state index in [9.17, 15) is 4.79 Å². The number of para-hydroxylation sites is 1. The Balaban J connectivity index is 2.28. The molecule has 0 aliphatic rings. The third-order valence-electron chi connectivity index (χ3n) is 2.19. The summed E-state index contributed by atoms with van der Waals surface area (Å²) >= 11 is 0. The summed E-state index contributed by atoms with van der Waals surface area (Å²) < 4.78 is 10.3. The zero-order valence-corrected chi connectivity index (χ0v) is 10.3. The Bertz CT molecular complexity index is 363. The lowest BCUT2D eigenvalue weighted by Crippen LogP contribution is -2.15. The van der Waals surface area contributed by atoms with Crippen molar-refractivity contribution in [3.63, 3.8) is 0 Å². The van der Waals surface area contributed by atoms with Crippen LogP contribution in [0.25, 0.3) is 0 Å². The second kappa shape index (κ2) is 6.91. The van der Waals surface area contributed by atoms with Gasteiger partial charge in [-0.05, 0) is 25.5 Å². The lowest BCUT2D eigenvalue weighted by Gasteiger charge is -2.09. The monoisotopic (exact) mass is 237 g/mol. The molecule has 4 heteroatoms. The van der Waals surface area contributed by atoms with Gasteiger partial charge in [-0.15, -0.1) is 0 Å². The molecule has 0 aliphatic carbocycles. The number of esters is 1. The van der Waals surface area contributed by atoms with Gasteiger partial charge in [-0.2, -0.15) is 0 Å². The molecule has 1 aromatic rings. The second-order valence-corrected chi connectivity index (χ2v) is 4.02. The number of benzene rings is 1. The van der Waals surface area contributed by atoms with E-state index in [2.05, 4.69) is 0 Å². The Kier molecular flexibility index (Phi) is 5.49. The van der Waals surface area contributed by atoms with E-state index in [0.717, 1.165) is 5.56 Å². The molecule has 94 valence electrons. The maximum absolute atomic E-state index is 11.5. The normalized spacial score (nSPS) is 10.5. The van der Waals surface area contributed by atoms with Crippen LogP contribution in [0.4, 0.5) is 5.69 Å².